The molecular weight excluding hydrogens is 458 g/mol. The molecule has 1 aliphatic rings. The Bertz CT molecular complexity index is 1520. The van der Waals surface area contributed by atoms with Gasteiger partial charge in [0.05, 0.1) is 5.69 Å². The van der Waals surface area contributed by atoms with Gasteiger partial charge in [0, 0.05) is 49.2 Å². The Morgan fingerprint density at radius 1 is 0.811 bits per heavy atom. The van der Waals surface area contributed by atoms with E-state index in [1.54, 1.807) is 0 Å². The summed E-state index contributed by atoms with van der Waals surface area (Å²) in [6.07, 6.45) is 0. The lowest BCUT2D eigenvalue weighted by molar-refractivity contribution is 0.102. The Morgan fingerprint density at radius 2 is 1.54 bits per heavy atom. The van der Waals surface area contributed by atoms with E-state index >= 15 is 0 Å². The van der Waals surface area contributed by atoms with Gasteiger partial charge in [-0.15, -0.1) is 0 Å². The Balaban J connectivity index is 1.21. The van der Waals surface area contributed by atoms with Gasteiger partial charge >= 0.3 is 0 Å². The topological polar surface area (TPSA) is 57.5 Å². The number of hydrogen-bond acceptors (Lipinski definition) is 4. The van der Waals surface area contributed by atoms with Crippen molar-refractivity contribution in [1.82, 2.24) is 10.2 Å². The van der Waals surface area contributed by atoms with E-state index in [4.69, 9.17) is 4.42 Å². The lowest BCUT2D eigenvalue weighted by Gasteiger charge is -2.27. The predicted molar refractivity (Wildman–Crippen MR) is 150 cm³/mol. The highest BCUT2D eigenvalue weighted by Gasteiger charge is 2.15. The first-order valence-electron chi connectivity index (χ1n) is 12.7. The number of piperazine rings is 1. The first kappa shape index (κ1) is 23.2. The van der Waals surface area contributed by atoms with Gasteiger partial charge in [-0.25, -0.2) is 0 Å². The molecule has 0 spiro atoms. The van der Waals surface area contributed by atoms with Crippen molar-refractivity contribution in [2.75, 3.05) is 31.5 Å². The SMILES string of the molecule is O=C(Nc1ccccc1-c1cc2cc(CN3CCNCC3)ccc2o1)c1ccc(-c2ccccc2)cc1. The molecule has 0 saturated carbocycles. The van der Waals surface area contributed by atoms with E-state index in [-0.39, 0.29) is 5.91 Å². The van der Waals surface area contributed by atoms with Crippen LogP contribution in [0.2, 0.25) is 0 Å². The van der Waals surface area contributed by atoms with Crippen LogP contribution < -0.4 is 10.6 Å². The van der Waals surface area contributed by atoms with Crippen molar-refractivity contribution in [3.63, 3.8) is 0 Å². The number of rotatable bonds is 6. The fourth-order valence-electron chi connectivity index (χ4n) is 4.90. The normalized spacial score (nSPS) is 14.1. The van der Waals surface area contributed by atoms with Crippen LogP contribution in [-0.2, 0) is 6.54 Å². The first-order valence-corrected chi connectivity index (χ1v) is 12.7. The molecule has 1 aliphatic heterocycles. The van der Waals surface area contributed by atoms with Gasteiger partial charge in [0.15, 0.2) is 0 Å². The highest BCUT2D eigenvalue weighted by Crippen LogP contribution is 2.33. The molecule has 1 saturated heterocycles. The highest BCUT2D eigenvalue weighted by molar-refractivity contribution is 6.06. The van der Waals surface area contributed by atoms with E-state index in [9.17, 15) is 4.79 Å². The second kappa shape index (κ2) is 10.4. The number of benzene rings is 4. The molecule has 5 heteroatoms. The van der Waals surface area contributed by atoms with E-state index in [0.29, 0.717) is 5.56 Å². The van der Waals surface area contributed by atoms with Crippen LogP contribution in [-0.4, -0.2) is 37.0 Å². The van der Waals surface area contributed by atoms with Gasteiger partial charge in [0.1, 0.15) is 11.3 Å². The largest absolute Gasteiger partial charge is 0.456 e. The minimum absolute atomic E-state index is 0.151. The zero-order valence-electron chi connectivity index (χ0n) is 20.6. The summed E-state index contributed by atoms with van der Waals surface area (Å²) in [6.45, 7) is 5.15. The van der Waals surface area contributed by atoms with Crippen molar-refractivity contribution in [1.29, 1.82) is 0 Å². The summed E-state index contributed by atoms with van der Waals surface area (Å²) in [5.41, 5.74) is 6.52. The fraction of sp³-hybridized carbons (Fsp3) is 0.156. The molecule has 0 radical (unpaired) electrons. The number of anilines is 1. The number of nitrogens with zero attached hydrogens (tertiary/aromatic N) is 1. The van der Waals surface area contributed by atoms with Crippen molar-refractivity contribution in [2.45, 2.75) is 6.54 Å². The van der Waals surface area contributed by atoms with E-state index in [2.05, 4.69) is 45.9 Å². The number of carbonyl (C=O) groups excluding carboxylic acids is 1. The Hall–Kier alpha value is -4.19. The molecule has 1 amide bonds. The molecule has 37 heavy (non-hydrogen) atoms. The van der Waals surface area contributed by atoms with Crippen molar-refractivity contribution in [2.24, 2.45) is 0 Å². The van der Waals surface area contributed by atoms with E-state index < -0.39 is 0 Å². The monoisotopic (exact) mass is 487 g/mol. The van der Waals surface area contributed by atoms with Crippen LogP contribution in [0.5, 0.6) is 0 Å². The standard InChI is InChI=1S/C32H29N3O2/c36-32(26-13-11-25(12-14-26)24-6-2-1-3-7-24)34-29-9-5-4-8-28(29)31-21-27-20-23(10-15-30(27)37-31)22-35-18-16-33-17-19-35/h1-15,20-21,33H,16-19,22H2,(H,34,36). The summed E-state index contributed by atoms with van der Waals surface area (Å²) in [5.74, 6) is 0.589. The summed E-state index contributed by atoms with van der Waals surface area (Å²) < 4.78 is 6.22. The summed E-state index contributed by atoms with van der Waals surface area (Å²) in [6, 6.07) is 34.1. The average molecular weight is 488 g/mol. The minimum Gasteiger partial charge on any atom is -0.456 e. The van der Waals surface area contributed by atoms with Crippen molar-refractivity contribution < 1.29 is 9.21 Å². The molecule has 184 valence electrons. The molecular formula is C32H29N3O2. The van der Waals surface area contributed by atoms with Gasteiger partial charge in [-0.2, -0.15) is 0 Å². The number of amides is 1. The quantitative estimate of drug-likeness (QED) is 0.290. The molecule has 6 rings (SSSR count). The molecule has 1 fully saturated rings. The molecule has 0 unspecified atom stereocenters. The highest BCUT2D eigenvalue weighted by atomic mass is 16.3. The Kier molecular flexibility index (Phi) is 6.55. The van der Waals surface area contributed by atoms with Gasteiger partial charge in [0.25, 0.3) is 5.91 Å². The van der Waals surface area contributed by atoms with E-state index in [1.165, 1.54) is 5.56 Å². The molecule has 0 atom stereocenters. The second-order valence-corrected chi connectivity index (χ2v) is 9.45. The molecule has 4 aromatic carbocycles. The molecule has 0 bridgehead atoms. The third-order valence-electron chi connectivity index (χ3n) is 6.89. The molecule has 2 N–H and O–H groups in total. The van der Waals surface area contributed by atoms with Gasteiger partial charge in [0.2, 0.25) is 0 Å². The predicted octanol–water partition coefficient (Wildman–Crippen LogP) is 6.42. The molecule has 5 nitrogen and oxygen atoms in total. The zero-order valence-corrected chi connectivity index (χ0v) is 20.6. The number of furan rings is 1. The van der Waals surface area contributed by atoms with Crippen molar-refractivity contribution >= 4 is 22.6 Å². The maximum atomic E-state index is 13.1. The van der Waals surface area contributed by atoms with Crippen LogP contribution in [0.25, 0.3) is 33.4 Å². The molecule has 5 aromatic rings. The van der Waals surface area contributed by atoms with Crippen LogP contribution in [0, 0.1) is 0 Å². The van der Waals surface area contributed by atoms with Crippen molar-refractivity contribution in [3.05, 3.63) is 114 Å². The summed E-state index contributed by atoms with van der Waals surface area (Å²) in [4.78, 5) is 15.6. The van der Waals surface area contributed by atoms with Gasteiger partial charge in [-0.3, -0.25) is 9.69 Å². The number of nitrogens with one attached hydrogen (secondary N) is 2. The van der Waals surface area contributed by atoms with Gasteiger partial charge in [-0.05, 0) is 59.2 Å². The van der Waals surface area contributed by atoms with Crippen LogP contribution >= 0.6 is 0 Å². The van der Waals surface area contributed by atoms with E-state index in [0.717, 1.165) is 71.8 Å². The van der Waals surface area contributed by atoms with Crippen molar-refractivity contribution in [3.8, 4) is 22.5 Å². The second-order valence-electron chi connectivity index (χ2n) is 9.45. The lowest BCUT2D eigenvalue weighted by Crippen LogP contribution is -2.42. The number of fused-ring (bicyclic) bond motifs is 1. The fourth-order valence-corrected chi connectivity index (χ4v) is 4.90. The summed E-state index contributed by atoms with van der Waals surface area (Å²) in [5, 5.41) is 7.56. The maximum Gasteiger partial charge on any atom is 0.255 e. The Labute approximate surface area is 216 Å². The summed E-state index contributed by atoms with van der Waals surface area (Å²) >= 11 is 0. The minimum atomic E-state index is -0.151. The molecule has 2 heterocycles. The van der Waals surface area contributed by atoms with Crippen LogP contribution in [0.1, 0.15) is 15.9 Å². The molecule has 0 aliphatic carbocycles. The smallest absolute Gasteiger partial charge is 0.255 e. The first-order chi connectivity index (χ1) is 18.2. The summed E-state index contributed by atoms with van der Waals surface area (Å²) in [7, 11) is 0. The zero-order chi connectivity index (χ0) is 25.0. The van der Waals surface area contributed by atoms with Gasteiger partial charge < -0.3 is 15.1 Å². The average Bonchev–Trinajstić information content (AvgIpc) is 3.38. The van der Waals surface area contributed by atoms with E-state index in [1.807, 2.05) is 72.8 Å². The lowest BCUT2D eigenvalue weighted by atomic mass is 10.0. The van der Waals surface area contributed by atoms with Crippen LogP contribution in [0.4, 0.5) is 5.69 Å². The third kappa shape index (κ3) is 5.19. The number of para-hydroxylation sites is 1. The maximum absolute atomic E-state index is 13.1. The third-order valence-corrected chi connectivity index (χ3v) is 6.89. The Morgan fingerprint density at radius 3 is 2.35 bits per heavy atom. The number of hydrogen-bond donors (Lipinski definition) is 2. The van der Waals surface area contributed by atoms with Crippen LogP contribution in [0.3, 0.4) is 0 Å². The molecule has 1 aromatic heterocycles. The number of carbonyl (C=O) groups is 1. The van der Waals surface area contributed by atoms with Gasteiger partial charge in [-0.1, -0.05) is 60.7 Å². The van der Waals surface area contributed by atoms with Crippen LogP contribution in [0.15, 0.2) is 108 Å².